The smallest absolute Gasteiger partial charge is 0.179 e. The third-order valence-electron chi connectivity index (χ3n) is 2.37. The van der Waals surface area contributed by atoms with Crippen LogP contribution in [0.25, 0.3) is 0 Å². The van der Waals surface area contributed by atoms with Crippen molar-refractivity contribution >= 4 is 11.6 Å². The van der Waals surface area contributed by atoms with Crippen LogP contribution in [0, 0.1) is 0 Å². The lowest BCUT2D eigenvalue weighted by atomic mass is 10.1. The number of hydrogen-bond acceptors (Lipinski definition) is 4. The molecule has 0 aliphatic carbocycles. The van der Waals surface area contributed by atoms with Crippen molar-refractivity contribution in [1.82, 2.24) is 0 Å². The number of hydrogen-bond donors (Lipinski definition) is 1. The van der Waals surface area contributed by atoms with Crippen LogP contribution in [0.2, 0.25) is 5.02 Å². The molecule has 0 saturated carbocycles. The van der Waals surface area contributed by atoms with Gasteiger partial charge in [-0.25, -0.2) is 5.90 Å². The van der Waals surface area contributed by atoms with E-state index < -0.39 is 0 Å². The number of nitrogens with two attached hydrogens (primary N) is 1. The highest BCUT2D eigenvalue weighted by atomic mass is 35.5. The van der Waals surface area contributed by atoms with Gasteiger partial charge in [0.05, 0.1) is 24.8 Å². The normalized spacial score (nSPS) is 14.6. The number of halogens is 1. The Morgan fingerprint density at radius 1 is 1.31 bits per heavy atom. The fourth-order valence-corrected chi connectivity index (χ4v) is 1.89. The lowest BCUT2D eigenvalue weighted by Gasteiger charge is -2.11. The van der Waals surface area contributed by atoms with Crippen LogP contribution in [0.1, 0.15) is 12.0 Å². The molecule has 0 aromatic heterocycles. The fraction of sp³-hybridized carbons (Fsp3) is 0.455. The minimum absolute atomic E-state index is 0.454. The summed E-state index contributed by atoms with van der Waals surface area (Å²) in [7, 11) is 0. The predicted molar refractivity (Wildman–Crippen MR) is 60.9 cm³/mol. The third-order valence-corrected chi connectivity index (χ3v) is 2.65. The molecule has 16 heavy (non-hydrogen) atoms. The largest absolute Gasteiger partial charge is 0.489 e. The molecule has 0 spiro atoms. The van der Waals surface area contributed by atoms with Crippen molar-refractivity contribution < 1.29 is 14.3 Å². The molecular formula is C11H14ClNO3. The summed E-state index contributed by atoms with van der Waals surface area (Å²) in [6.45, 7) is 1.74. The summed E-state index contributed by atoms with van der Waals surface area (Å²) >= 11 is 6.12. The van der Waals surface area contributed by atoms with Gasteiger partial charge in [0, 0.05) is 6.42 Å². The molecule has 1 heterocycles. The maximum atomic E-state index is 6.12. The van der Waals surface area contributed by atoms with Gasteiger partial charge in [-0.15, -0.1) is 0 Å². The van der Waals surface area contributed by atoms with E-state index in [1.54, 1.807) is 0 Å². The molecule has 2 N–H and O–H groups in total. The van der Waals surface area contributed by atoms with Crippen molar-refractivity contribution in [2.24, 2.45) is 5.90 Å². The fourth-order valence-electron chi connectivity index (χ4n) is 1.61. The molecule has 0 amide bonds. The third kappa shape index (κ3) is 2.58. The van der Waals surface area contributed by atoms with Crippen molar-refractivity contribution in [3.05, 3.63) is 22.7 Å². The first-order valence-corrected chi connectivity index (χ1v) is 5.59. The minimum atomic E-state index is 0.454. The van der Waals surface area contributed by atoms with Gasteiger partial charge in [0.2, 0.25) is 0 Å². The lowest BCUT2D eigenvalue weighted by molar-refractivity contribution is 0.141. The van der Waals surface area contributed by atoms with E-state index in [1.165, 1.54) is 0 Å². The highest BCUT2D eigenvalue weighted by Crippen LogP contribution is 2.38. The second kappa shape index (κ2) is 5.39. The SMILES string of the molecule is NOCCc1cc(Cl)c2c(c1)OCCCO2. The summed E-state index contributed by atoms with van der Waals surface area (Å²) in [5, 5.41) is 0.575. The summed E-state index contributed by atoms with van der Waals surface area (Å²) in [6, 6.07) is 3.78. The summed E-state index contributed by atoms with van der Waals surface area (Å²) in [4.78, 5) is 4.54. The average molecular weight is 244 g/mol. The number of benzene rings is 1. The van der Waals surface area contributed by atoms with Crippen LogP contribution in [-0.4, -0.2) is 19.8 Å². The Kier molecular flexibility index (Phi) is 3.88. The van der Waals surface area contributed by atoms with Crippen LogP contribution in [0.4, 0.5) is 0 Å². The van der Waals surface area contributed by atoms with Crippen LogP contribution in [0.15, 0.2) is 12.1 Å². The zero-order chi connectivity index (χ0) is 11.4. The molecule has 0 fully saturated rings. The van der Waals surface area contributed by atoms with Gasteiger partial charge in [-0.3, -0.25) is 0 Å². The molecule has 88 valence electrons. The van der Waals surface area contributed by atoms with Crippen LogP contribution in [-0.2, 0) is 11.3 Å². The van der Waals surface area contributed by atoms with Crippen molar-refractivity contribution in [2.75, 3.05) is 19.8 Å². The number of fused-ring (bicyclic) bond motifs is 1. The molecule has 0 unspecified atom stereocenters. The molecule has 2 rings (SSSR count). The van der Waals surface area contributed by atoms with Gasteiger partial charge >= 0.3 is 0 Å². The average Bonchev–Trinajstić information content (AvgIpc) is 2.51. The highest BCUT2D eigenvalue weighted by molar-refractivity contribution is 6.32. The van der Waals surface area contributed by atoms with Crippen molar-refractivity contribution in [1.29, 1.82) is 0 Å². The molecule has 5 heteroatoms. The molecule has 0 saturated heterocycles. The minimum Gasteiger partial charge on any atom is -0.489 e. The molecule has 1 aromatic carbocycles. The van der Waals surface area contributed by atoms with E-state index in [9.17, 15) is 0 Å². The quantitative estimate of drug-likeness (QED) is 0.825. The summed E-state index contributed by atoms with van der Waals surface area (Å²) < 4.78 is 11.1. The zero-order valence-corrected chi connectivity index (χ0v) is 9.63. The van der Waals surface area contributed by atoms with E-state index in [4.69, 9.17) is 27.0 Å². The summed E-state index contributed by atoms with van der Waals surface area (Å²) in [6.07, 6.45) is 1.57. The second-order valence-corrected chi connectivity index (χ2v) is 3.98. The van der Waals surface area contributed by atoms with E-state index in [1.807, 2.05) is 12.1 Å². The van der Waals surface area contributed by atoms with Crippen LogP contribution in [0.5, 0.6) is 11.5 Å². The molecule has 4 nitrogen and oxygen atoms in total. The van der Waals surface area contributed by atoms with Gasteiger partial charge in [-0.05, 0) is 24.1 Å². The van der Waals surface area contributed by atoms with E-state index in [-0.39, 0.29) is 0 Å². The molecule has 0 atom stereocenters. The van der Waals surface area contributed by atoms with Gasteiger partial charge in [-0.2, -0.15) is 0 Å². The van der Waals surface area contributed by atoms with Gasteiger partial charge in [0.15, 0.2) is 11.5 Å². The Morgan fingerprint density at radius 2 is 2.12 bits per heavy atom. The summed E-state index contributed by atoms with van der Waals surface area (Å²) in [5.74, 6) is 6.33. The van der Waals surface area contributed by atoms with Crippen LogP contribution in [0.3, 0.4) is 0 Å². The molecule has 1 aromatic rings. The van der Waals surface area contributed by atoms with Gasteiger partial charge < -0.3 is 14.3 Å². The topological polar surface area (TPSA) is 53.7 Å². The first kappa shape index (κ1) is 11.5. The zero-order valence-electron chi connectivity index (χ0n) is 8.87. The van der Waals surface area contributed by atoms with Crippen LogP contribution >= 0.6 is 11.6 Å². The second-order valence-electron chi connectivity index (χ2n) is 3.58. The standard InChI is InChI=1S/C11H14ClNO3/c12-9-6-8(2-5-16-13)7-10-11(9)15-4-1-3-14-10/h6-7H,1-5,13H2. The Balaban J connectivity index is 2.24. The first-order chi connectivity index (χ1) is 7.81. The van der Waals surface area contributed by atoms with Crippen molar-refractivity contribution in [3.63, 3.8) is 0 Å². The molecular weight excluding hydrogens is 230 g/mol. The predicted octanol–water partition coefficient (Wildman–Crippen LogP) is 1.93. The maximum Gasteiger partial charge on any atom is 0.179 e. The Morgan fingerprint density at radius 3 is 2.94 bits per heavy atom. The van der Waals surface area contributed by atoms with E-state index in [2.05, 4.69) is 4.84 Å². The van der Waals surface area contributed by atoms with E-state index >= 15 is 0 Å². The maximum absolute atomic E-state index is 6.12. The van der Waals surface area contributed by atoms with Crippen molar-refractivity contribution in [2.45, 2.75) is 12.8 Å². The lowest BCUT2D eigenvalue weighted by Crippen LogP contribution is -2.04. The molecule has 1 aliphatic heterocycles. The summed E-state index contributed by atoms with van der Waals surface area (Å²) in [5.41, 5.74) is 1.03. The monoisotopic (exact) mass is 243 g/mol. The molecule has 0 radical (unpaired) electrons. The first-order valence-electron chi connectivity index (χ1n) is 5.21. The Hall–Kier alpha value is -0.970. The van der Waals surface area contributed by atoms with Gasteiger partial charge in [-0.1, -0.05) is 11.6 Å². The van der Waals surface area contributed by atoms with E-state index in [0.29, 0.717) is 42.8 Å². The Bertz CT molecular complexity index is 370. The van der Waals surface area contributed by atoms with Gasteiger partial charge in [0.1, 0.15) is 0 Å². The number of ether oxygens (including phenoxy) is 2. The van der Waals surface area contributed by atoms with E-state index in [0.717, 1.165) is 12.0 Å². The number of rotatable bonds is 3. The highest BCUT2D eigenvalue weighted by Gasteiger charge is 2.15. The van der Waals surface area contributed by atoms with Gasteiger partial charge in [0.25, 0.3) is 0 Å². The van der Waals surface area contributed by atoms with Crippen LogP contribution < -0.4 is 15.4 Å². The van der Waals surface area contributed by atoms with Crippen molar-refractivity contribution in [3.8, 4) is 11.5 Å². The molecule has 0 bridgehead atoms. The Labute approximate surface area is 99.2 Å². The molecule has 1 aliphatic rings.